The van der Waals surface area contributed by atoms with E-state index in [1.807, 2.05) is 6.92 Å². The minimum absolute atomic E-state index is 0.00670. The van der Waals surface area contributed by atoms with Crippen LogP contribution in [0.1, 0.15) is 25.3 Å². The number of nitrogens with one attached hydrogen (secondary N) is 1. The summed E-state index contributed by atoms with van der Waals surface area (Å²) in [5.74, 6) is 0.234. The highest BCUT2D eigenvalue weighted by molar-refractivity contribution is 6.76. The number of hydrogen-bond acceptors (Lipinski definition) is 6. The van der Waals surface area contributed by atoms with Crippen molar-refractivity contribution in [2.45, 2.75) is 71.3 Å². The van der Waals surface area contributed by atoms with E-state index in [4.69, 9.17) is 14.2 Å². The van der Waals surface area contributed by atoms with Gasteiger partial charge in [0.25, 0.3) is 5.56 Å². The number of rotatable bonds is 14. The van der Waals surface area contributed by atoms with Crippen molar-refractivity contribution in [2.24, 2.45) is 0 Å². The molecule has 1 aliphatic rings. The molecule has 2 aromatic heterocycles. The summed E-state index contributed by atoms with van der Waals surface area (Å²) in [5.41, 5.74) is 2.48. The summed E-state index contributed by atoms with van der Waals surface area (Å²) in [6, 6.07) is 5.82. The third kappa shape index (κ3) is 7.17. The summed E-state index contributed by atoms with van der Waals surface area (Å²) in [4.78, 5) is 16.8. The first-order chi connectivity index (χ1) is 17.7. The first-order valence-corrected chi connectivity index (χ1v) is 16.4. The Kier molecular flexibility index (Phi) is 8.66. The Bertz CT molecular complexity index is 1270. The number of alkyl halides is 2. The smallest absolute Gasteiger partial charge is 0.387 e. The van der Waals surface area contributed by atoms with Crippen LogP contribution < -0.4 is 15.0 Å². The zero-order chi connectivity index (χ0) is 26.6. The number of aromatic amines is 1. The Balaban J connectivity index is 1.70. The van der Waals surface area contributed by atoms with Crippen molar-refractivity contribution < 1.29 is 27.7 Å². The summed E-state index contributed by atoms with van der Waals surface area (Å²) in [6.07, 6.45) is 3.83. The third-order valence-electron chi connectivity index (χ3n) is 6.08. The van der Waals surface area contributed by atoms with E-state index in [9.17, 15) is 13.6 Å². The Hall–Kier alpha value is -2.76. The lowest BCUT2D eigenvalue weighted by Crippen LogP contribution is -2.26. The lowest BCUT2D eigenvalue weighted by Gasteiger charge is -2.15. The van der Waals surface area contributed by atoms with Gasteiger partial charge in [-0.1, -0.05) is 19.6 Å². The fraction of sp³-hybridized carbons (Fsp3) is 0.538. The van der Waals surface area contributed by atoms with Crippen molar-refractivity contribution in [3.8, 4) is 22.8 Å². The highest BCUT2D eigenvalue weighted by Crippen LogP contribution is 2.39. The lowest BCUT2D eigenvalue weighted by atomic mass is 10.0. The molecule has 1 aromatic carbocycles. The van der Waals surface area contributed by atoms with Crippen LogP contribution in [0.15, 0.2) is 29.2 Å². The second-order valence-corrected chi connectivity index (χ2v) is 16.0. The number of aromatic nitrogens is 3. The molecular formula is C26H35F2N3O5Si. The predicted octanol–water partition coefficient (Wildman–Crippen LogP) is 5.43. The van der Waals surface area contributed by atoms with E-state index in [-0.39, 0.29) is 29.9 Å². The van der Waals surface area contributed by atoms with Crippen molar-refractivity contribution in [2.75, 3.05) is 19.8 Å². The molecule has 11 heteroatoms. The summed E-state index contributed by atoms with van der Waals surface area (Å²) in [6.45, 7) is 7.38. The number of halogens is 2. The Morgan fingerprint density at radius 3 is 2.62 bits per heavy atom. The van der Waals surface area contributed by atoms with E-state index < -0.39 is 14.7 Å². The molecule has 202 valence electrons. The molecule has 3 aromatic rings. The standard InChI is InChI=1S/C26H35F2N3O5Si/c1-5-33-11-10-19-23-20(15-29-31(25(23)32)16-34-12-13-37(2,3)4)30-24(19)17-6-9-21(36-26(27)28)22(14-17)35-18-7-8-18/h6,9,14-15,18,26,30H,5,7-8,10-13,16H2,1-4H3. The minimum atomic E-state index is -2.96. The summed E-state index contributed by atoms with van der Waals surface area (Å²) < 4.78 is 49.1. The van der Waals surface area contributed by atoms with Crippen molar-refractivity contribution in [1.82, 2.24) is 14.8 Å². The van der Waals surface area contributed by atoms with Crippen LogP contribution in [-0.2, 0) is 22.6 Å². The lowest BCUT2D eigenvalue weighted by molar-refractivity contribution is -0.0516. The number of hydrogen-bond donors (Lipinski definition) is 1. The van der Waals surface area contributed by atoms with Gasteiger partial charge in [-0.25, -0.2) is 4.68 Å². The molecule has 0 radical (unpaired) electrons. The summed E-state index contributed by atoms with van der Waals surface area (Å²) >= 11 is 0. The fourth-order valence-corrected chi connectivity index (χ4v) is 4.72. The van der Waals surface area contributed by atoms with Gasteiger partial charge < -0.3 is 23.9 Å². The quantitative estimate of drug-likeness (QED) is 0.219. The monoisotopic (exact) mass is 535 g/mol. The number of nitrogens with zero attached hydrogens (tertiary/aromatic N) is 2. The van der Waals surface area contributed by atoms with Gasteiger partial charge in [0.05, 0.1) is 35.5 Å². The van der Waals surface area contributed by atoms with Crippen LogP contribution in [0.25, 0.3) is 22.2 Å². The topological polar surface area (TPSA) is 87.6 Å². The maximum atomic E-state index is 13.5. The number of benzene rings is 1. The molecule has 8 nitrogen and oxygen atoms in total. The zero-order valence-electron chi connectivity index (χ0n) is 21.8. The molecule has 4 rings (SSSR count). The molecule has 37 heavy (non-hydrogen) atoms. The van der Waals surface area contributed by atoms with Gasteiger partial charge in [-0.3, -0.25) is 4.79 Å². The number of fused-ring (bicyclic) bond motifs is 1. The molecular weight excluding hydrogens is 500 g/mol. The van der Waals surface area contributed by atoms with E-state index in [1.165, 1.54) is 10.7 Å². The van der Waals surface area contributed by atoms with Gasteiger partial charge in [-0.2, -0.15) is 13.9 Å². The maximum Gasteiger partial charge on any atom is 0.387 e. The van der Waals surface area contributed by atoms with Crippen LogP contribution >= 0.6 is 0 Å². The van der Waals surface area contributed by atoms with Gasteiger partial charge in [-0.15, -0.1) is 0 Å². The second-order valence-electron chi connectivity index (χ2n) is 10.4. The molecule has 0 bridgehead atoms. The van der Waals surface area contributed by atoms with E-state index in [0.29, 0.717) is 48.4 Å². The largest absolute Gasteiger partial charge is 0.487 e. The van der Waals surface area contributed by atoms with Crippen LogP contribution in [0.2, 0.25) is 25.7 Å². The van der Waals surface area contributed by atoms with E-state index >= 15 is 0 Å². The minimum Gasteiger partial charge on any atom is -0.487 e. The summed E-state index contributed by atoms with van der Waals surface area (Å²) in [7, 11) is -1.25. The molecule has 2 heterocycles. The molecule has 1 aliphatic carbocycles. The first-order valence-electron chi connectivity index (χ1n) is 12.7. The second kappa shape index (κ2) is 11.7. The molecule has 0 saturated heterocycles. The molecule has 1 N–H and O–H groups in total. The first kappa shape index (κ1) is 27.3. The highest BCUT2D eigenvalue weighted by atomic mass is 28.3. The van der Waals surface area contributed by atoms with Crippen molar-refractivity contribution in [3.63, 3.8) is 0 Å². The molecule has 0 amide bonds. The van der Waals surface area contributed by atoms with E-state index in [2.05, 4.69) is 34.5 Å². The van der Waals surface area contributed by atoms with Crippen LogP contribution in [-0.4, -0.2) is 55.4 Å². The van der Waals surface area contributed by atoms with Gasteiger partial charge in [-0.05, 0) is 56.0 Å². The highest BCUT2D eigenvalue weighted by Gasteiger charge is 2.26. The normalized spacial score (nSPS) is 14.0. The molecule has 0 aliphatic heterocycles. The van der Waals surface area contributed by atoms with Gasteiger partial charge in [0.1, 0.15) is 6.73 Å². The van der Waals surface area contributed by atoms with Crippen LogP contribution in [0.5, 0.6) is 11.5 Å². The SMILES string of the molecule is CCOCCc1c(-c2ccc(OC(F)F)c(OC3CC3)c2)[nH]c2cnn(COCC[Si](C)(C)C)c(=O)c12. The van der Waals surface area contributed by atoms with Gasteiger partial charge in [0.15, 0.2) is 11.5 Å². The number of H-pyrrole nitrogens is 1. The average molecular weight is 536 g/mol. The molecule has 0 spiro atoms. The summed E-state index contributed by atoms with van der Waals surface area (Å²) in [5, 5.41) is 4.81. The Morgan fingerprint density at radius 2 is 1.95 bits per heavy atom. The third-order valence-corrected chi connectivity index (χ3v) is 7.79. The zero-order valence-corrected chi connectivity index (χ0v) is 22.8. The average Bonchev–Trinajstić information content (AvgIpc) is 3.57. The molecule has 0 atom stereocenters. The Labute approximate surface area is 215 Å². The maximum absolute atomic E-state index is 13.5. The van der Waals surface area contributed by atoms with Gasteiger partial charge in [0, 0.05) is 26.9 Å². The van der Waals surface area contributed by atoms with Crippen molar-refractivity contribution in [3.05, 3.63) is 40.3 Å². The van der Waals surface area contributed by atoms with Gasteiger partial charge >= 0.3 is 6.61 Å². The van der Waals surface area contributed by atoms with Crippen LogP contribution in [0.3, 0.4) is 0 Å². The molecule has 1 fully saturated rings. The van der Waals surface area contributed by atoms with Crippen LogP contribution in [0, 0.1) is 0 Å². The Morgan fingerprint density at radius 1 is 1.16 bits per heavy atom. The fourth-order valence-electron chi connectivity index (χ4n) is 3.96. The molecule has 1 saturated carbocycles. The van der Waals surface area contributed by atoms with Gasteiger partial charge in [0.2, 0.25) is 0 Å². The van der Waals surface area contributed by atoms with Crippen LogP contribution in [0.4, 0.5) is 8.78 Å². The van der Waals surface area contributed by atoms with Crippen molar-refractivity contribution >= 4 is 19.0 Å². The molecule has 0 unspecified atom stereocenters. The predicted molar refractivity (Wildman–Crippen MR) is 140 cm³/mol. The number of ether oxygens (including phenoxy) is 4. The van der Waals surface area contributed by atoms with E-state index in [1.54, 1.807) is 18.3 Å². The van der Waals surface area contributed by atoms with Crippen molar-refractivity contribution in [1.29, 1.82) is 0 Å². The van der Waals surface area contributed by atoms with E-state index in [0.717, 1.165) is 24.4 Å².